The van der Waals surface area contributed by atoms with Crippen LogP contribution >= 0.6 is 0 Å². The summed E-state index contributed by atoms with van der Waals surface area (Å²) in [7, 11) is 0. The van der Waals surface area contributed by atoms with Gasteiger partial charge in [-0.1, -0.05) is 12.1 Å². The zero-order valence-electron chi connectivity index (χ0n) is 15.6. The lowest BCUT2D eigenvalue weighted by molar-refractivity contribution is -0.124. The monoisotopic (exact) mass is 386 g/mol. The van der Waals surface area contributed by atoms with E-state index in [1.807, 2.05) is 6.07 Å². The van der Waals surface area contributed by atoms with E-state index in [-0.39, 0.29) is 23.3 Å². The molecular formula is C20H22N2O6. The Labute approximate surface area is 162 Å². The van der Waals surface area contributed by atoms with Crippen molar-refractivity contribution in [1.82, 2.24) is 10.6 Å². The van der Waals surface area contributed by atoms with E-state index >= 15 is 0 Å². The highest BCUT2D eigenvalue weighted by atomic mass is 16.6. The van der Waals surface area contributed by atoms with Gasteiger partial charge < -0.3 is 30.3 Å². The van der Waals surface area contributed by atoms with Gasteiger partial charge in [0.05, 0.1) is 0 Å². The third-order valence-corrected chi connectivity index (χ3v) is 4.25. The van der Waals surface area contributed by atoms with E-state index in [4.69, 9.17) is 9.47 Å². The van der Waals surface area contributed by atoms with Crippen molar-refractivity contribution in [2.24, 2.45) is 0 Å². The van der Waals surface area contributed by atoms with Crippen molar-refractivity contribution in [2.45, 2.75) is 32.6 Å². The second-order valence-electron chi connectivity index (χ2n) is 6.54. The van der Waals surface area contributed by atoms with E-state index in [0.717, 1.165) is 5.56 Å². The van der Waals surface area contributed by atoms with Gasteiger partial charge in [-0.3, -0.25) is 9.59 Å². The fraction of sp³-hybridized carbons (Fsp3) is 0.300. The molecule has 28 heavy (non-hydrogen) atoms. The molecule has 1 heterocycles. The molecule has 4 N–H and O–H groups in total. The molecule has 0 fully saturated rings. The van der Waals surface area contributed by atoms with E-state index in [0.29, 0.717) is 30.0 Å². The second kappa shape index (κ2) is 8.08. The summed E-state index contributed by atoms with van der Waals surface area (Å²) >= 11 is 0. The summed E-state index contributed by atoms with van der Waals surface area (Å²) in [5.74, 6) is 0.0263. The highest BCUT2D eigenvalue weighted by Gasteiger charge is 2.34. The number of carbonyl (C=O) groups excluding carboxylic acids is 2. The van der Waals surface area contributed by atoms with Crippen molar-refractivity contribution in [3.63, 3.8) is 0 Å². The third kappa shape index (κ3) is 4.46. The first-order valence-corrected chi connectivity index (χ1v) is 8.83. The van der Waals surface area contributed by atoms with Gasteiger partial charge in [0, 0.05) is 26.0 Å². The van der Waals surface area contributed by atoms with Crippen molar-refractivity contribution in [1.29, 1.82) is 0 Å². The number of phenols is 2. The fourth-order valence-electron chi connectivity index (χ4n) is 2.94. The van der Waals surface area contributed by atoms with Crippen LogP contribution < -0.4 is 20.1 Å². The van der Waals surface area contributed by atoms with Crippen LogP contribution in [0, 0.1) is 0 Å². The molecule has 2 amide bonds. The molecule has 0 saturated heterocycles. The molecule has 148 valence electrons. The Balaban J connectivity index is 1.85. The minimum absolute atomic E-state index is 0.0942. The lowest BCUT2D eigenvalue weighted by Gasteiger charge is -2.34. The van der Waals surface area contributed by atoms with Crippen molar-refractivity contribution in [3.05, 3.63) is 47.5 Å². The second-order valence-corrected chi connectivity index (χ2v) is 6.54. The van der Waals surface area contributed by atoms with Crippen LogP contribution in [0.5, 0.6) is 23.0 Å². The first-order valence-electron chi connectivity index (χ1n) is 8.83. The number of carbonyl (C=O) groups is 2. The SMILES string of the molecule is CC(=O)NCCc1ccc2c(c1)O[C@H](NC(C)=O)[C@@H](c1ccc(O)c(O)c1)O2. The molecule has 1 aliphatic rings. The quantitative estimate of drug-likeness (QED) is 0.582. The Morgan fingerprint density at radius 3 is 2.43 bits per heavy atom. The molecule has 0 aliphatic carbocycles. The number of nitrogens with one attached hydrogen (secondary N) is 2. The van der Waals surface area contributed by atoms with E-state index in [2.05, 4.69) is 10.6 Å². The lowest BCUT2D eigenvalue weighted by atomic mass is 10.0. The Morgan fingerprint density at radius 2 is 1.75 bits per heavy atom. The molecule has 0 bridgehead atoms. The van der Waals surface area contributed by atoms with Crippen LogP contribution in [-0.2, 0) is 16.0 Å². The summed E-state index contributed by atoms with van der Waals surface area (Å²) in [5.41, 5.74) is 1.48. The summed E-state index contributed by atoms with van der Waals surface area (Å²) in [6.45, 7) is 3.33. The van der Waals surface area contributed by atoms with Crippen LogP contribution in [0.3, 0.4) is 0 Å². The third-order valence-electron chi connectivity index (χ3n) is 4.25. The van der Waals surface area contributed by atoms with E-state index in [1.165, 1.54) is 26.0 Å². The van der Waals surface area contributed by atoms with Gasteiger partial charge >= 0.3 is 0 Å². The van der Waals surface area contributed by atoms with Crippen molar-refractivity contribution >= 4 is 11.8 Å². The summed E-state index contributed by atoms with van der Waals surface area (Å²) in [6, 6.07) is 9.73. The average molecular weight is 386 g/mol. The molecule has 8 nitrogen and oxygen atoms in total. The smallest absolute Gasteiger partial charge is 0.219 e. The predicted molar refractivity (Wildman–Crippen MR) is 100 cm³/mol. The summed E-state index contributed by atoms with van der Waals surface area (Å²) in [5, 5.41) is 24.7. The Morgan fingerprint density at radius 1 is 0.964 bits per heavy atom. The number of benzene rings is 2. The Kier molecular flexibility index (Phi) is 5.58. The number of rotatable bonds is 5. The fourth-order valence-corrected chi connectivity index (χ4v) is 2.94. The van der Waals surface area contributed by atoms with Gasteiger partial charge in [0.2, 0.25) is 18.0 Å². The van der Waals surface area contributed by atoms with E-state index in [1.54, 1.807) is 18.2 Å². The van der Waals surface area contributed by atoms with E-state index in [9.17, 15) is 19.8 Å². The highest BCUT2D eigenvalue weighted by Crippen LogP contribution is 2.40. The Bertz CT molecular complexity index is 898. The first kappa shape index (κ1) is 19.3. The maximum Gasteiger partial charge on any atom is 0.219 e. The lowest BCUT2D eigenvalue weighted by Crippen LogP contribution is -2.46. The number of fused-ring (bicyclic) bond motifs is 1. The predicted octanol–water partition coefficient (Wildman–Crippen LogP) is 1.75. The van der Waals surface area contributed by atoms with Crippen molar-refractivity contribution in [2.75, 3.05) is 6.54 Å². The van der Waals surface area contributed by atoms with Gasteiger partial charge in [0.25, 0.3) is 0 Å². The number of amides is 2. The van der Waals surface area contributed by atoms with Crippen molar-refractivity contribution in [3.8, 4) is 23.0 Å². The molecule has 0 aromatic heterocycles. The largest absolute Gasteiger partial charge is 0.504 e. The number of aromatic hydroxyl groups is 2. The topological polar surface area (TPSA) is 117 Å². The van der Waals surface area contributed by atoms with Crippen LogP contribution in [0.4, 0.5) is 0 Å². The van der Waals surface area contributed by atoms with Crippen LogP contribution in [0.25, 0.3) is 0 Å². The maximum atomic E-state index is 11.6. The number of hydrogen-bond donors (Lipinski definition) is 4. The first-order chi connectivity index (χ1) is 13.3. The number of ether oxygens (including phenoxy) is 2. The van der Waals surface area contributed by atoms with Crippen LogP contribution in [0.1, 0.15) is 31.1 Å². The minimum Gasteiger partial charge on any atom is -0.504 e. The van der Waals surface area contributed by atoms with E-state index < -0.39 is 12.3 Å². The zero-order chi connectivity index (χ0) is 20.3. The maximum absolute atomic E-state index is 11.6. The number of hydrogen-bond acceptors (Lipinski definition) is 6. The van der Waals surface area contributed by atoms with Gasteiger partial charge in [-0.15, -0.1) is 0 Å². The normalized spacial score (nSPS) is 17.6. The zero-order valence-corrected chi connectivity index (χ0v) is 15.6. The molecular weight excluding hydrogens is 364 g/mol. The minimum atomic E-state index is -0.820. The van der Waals surface area contributed by atoms with Gasteiger partial charge in [-0.25, -0.2) is 0 Å². The molecule has 3 rings (SSSR count). The van der Waals surface area contributed by atoms with Gasteiger partial charge in [0.1, 0.15) is 0 Å². The van der Waals surface area contributed by atoms with Crippen molar-refractivity contribution < 1.29 is 29.3 Å². The van der Waals surface area contributed by atoms with Gasteiger partial charge in [-0.2, -0.15) is 0 Å². The molecule has 1 aliphatic heterocycles. The van der Waals surface area contributed by atoms with Gasteiger partial charge in [-0.05, 0) is 36.2 Å². The van der Waals surface area contributed by atoms with Crippen LogP contribution in [0.15, 0.2) is 36.4 Å². The van der Waals surface area contributed by atoms with Crippen LogP contribution in [0.2, 0.25) is 0 Å². The van der Waals surface area contributed by atoms with Crippen LogP contribution in [-0.4, -0.2) is 34.8 Å². The molecule has 0 radical (unpaired) electrons. The standard InChI is InChI=1S/C20H22N2O6/c1-11(23)21-8-7-13-3-6-17-18(9-13)28-20(22-12(2)24)19(27-17)14-4-5-15(25)16(26)10-14/h3-6,9-10,19-20,25-26H,7-8H2,1-2H3,(H,21,23)(H,22,24)/t19-,20+/m1/s1. The highest BCUT2D eigenvalue weighted by molar-refractivity contribution is 5.73. The molecule has 0 spiro atoms. The molecule has 0 saturated carbocycles. The molecule has 2 atom stereocenters. The van der Waals surface area contributed by atoms with Gasteiger partial charge in [0.15, 0.2) is 29.1 Å². The molecule has 8 heteroatoms. The average Bonchev–Trinajstić information content (AvgIpc) is 2.62. The molecule has 2 aromatic rings. The molecule has 0 unspecified atom stereocenters. The Hall–Kier alpha value is -3.42. The summed E-state index contributed by atoms with van der Waals surface area (Å²) in [6.07, 6.45) is -0.913. The molecule has 2 aromatic carbocycles. The number of phenolic OH excluding ortho intramolecular Hbond substituents is 2. The summed E-state index contributed by atoms with van der Waals surface area (Å²) in [4.78, 5) is 22.6. The summed E-state index contributed by atoms with van der Waals surface area (Å²) < 4.78 is 12.0.